The van der Waals surface area contributed by atoms with Gasteiger partial charge in [0.05, 0.1) is 23.2 Å². The van der Waals surface area contributed by atoms with Gasteiger partial charge in [-0.05, 0) is 53.9 Å². The number of hydrogen-bond donors (Lipinski definition) is 1. The van der Waals surface area contributed by atoms with Gasteiger partial charge >= 0.3 is 0 Å². The Bertz CT molecular complexity index is 1070. The van der Waals surface area contributed by atoms with E-state index >= 15 is 0 Å². The number of imidazole rings is 1. The van der Waals surface area contributed by atoms with Crippen molar-refractivity contribution in [1.82, 2.24) is 9.97 Å². The number of rotatable bonds is 9. The average Bonchev–Trinajstić information content (AvgIpc) is 3.20. The van der Waals surface area contributed by atoms with E-state index in [9.17, 15) is 4.39 Å². The van der Waals surface area contributed by atoms with Crippen LogP contribution in [0, 0.1) is 5.82 Å². The van der Waals surface area contributed by atoms with Crippen molar-refractivity contribution in [1.29, 1.82) is 0 Å². The van der Waals surface area contributed by atoms with Crippen LogP contribution in [0.1, 0.15) is 39.0 Å². The van der Waals surface area contributed by atoms with E-state index in [4.69, 9.17) is 4.74 Å². The molecule has 1 N–H and O–H groups in total. The Labute approximate surface area is 176 Å². The maximum absolute atomic E-state index is 14.8. The van der Waals surface area contributed by atoms with Crippen molar-refractivity contribution >= 4 is 11.0 Å². The van der Waals surface area contributed by atoms with Gasteiger partial charge in [0.1, 0.15) is 17.4 Å². The van der Waals surface area contributed by atoms with Crippen LogP contribution in [0.25, 0.3) is 33.5 Å². The molecule has 0 saturated carbocycles. The average molecular weight is 403 g/mol. The van der Waals surface area contributed by atoms with Crippen molar-refractivity contribution in [2.75, 3.05) is 6.61 Å². The number of benzene rings is 3. The first-order valence-corrected chi connectivity index (χ1v) is 10.7. The maximum atomic E-state index is 14.8. The second-order valence-electron chi connectivity index (χ2n) is 7.58. The van der Waals surface area contributed by atoms with Gasteiger partial charge in [-0.2, -0.15) is 0 Å². The van der Waals surface area contributed by atoms with Crippen molar-refractivity contribution in [3.8, 4) is 28.3 Å². The third-order valence-corrected chi connectivity index (χ3v) is 5.32. The lowest BCUT2D eigenvalue weighted by Crippen LogP contribution is -1.97. The van der Waals surface area contributed by atoms with Crippen LogP contribution >= 0.6 is 0 Å². The van der Waals surface area contributed by atoms with Gasteiger partial charge < -0.3 is 9.72 Å². The van der Waals surface area contributed by atoms with Crippen LogP contribution in [0.3, 0.4) is 0 Å². The van der Waals surface area contributed by atoms with Crippen molar-refractivity contribution in [3.63, 3.8) is 0 Å². The highest BCUT2D eigenvalue weighted by atomic mass is 19.1. The van der Waals surface area contributed by atoms with Crippen molar-refractivity contribution in [2.24, 2.45) is 0 Å². The Morgan fingerprint density at radius 1 is 0.867 bits per heavy atom. The molecule has 0 saturated heterocycles. The smallest absolute Gasteiger partial charge is 0.141 e. The number of H-pyrrole nitrogens is 1. The minimum Gasteiger partial charge on any atom is -0.494 e. The second-order valence-corrected chi connectivity index (χ2v) is 7.58. The molecule has 3 aromatic carbocycles. The molecule has 0 spiro atoms. The molecule has 3 nitrogen and oxygen atoms in total. The number of nitrogens with one attached hydrogen (secondary N) is 1. The largest absolute Gasteiger partial charge is 0.494 e. The summed E-state index contributed by atoms with van der Waals surface area (Å²) in [5.41, 5.74) is 3.99. The van der Waals surface area contributed by atoms with E-state index in [-0.39, 0.29) is 5.82 Å². The summed E-state index contributed by atoms with van der Waals surface area (Å²) < 4.78 is 20.7. The van der Waals surface area contributed by atoms with E-state index in [1.807, 2.05) is 54.6 Å². The fourth-order valence-corrected chi connectivity index (χ4v) is 3.61. The summed E-state index contributed by atoms with van der Waals surface area (Å²) in [4.78, 5) is 7.68. The number of ether oxygens (including phenoxy) is 1. The Balaban J connectivity index is 1.42. The monoisotopic (exact) mass is 402 g/mol. The normalized spacial score (nSPS) is 11.1. The molecule has 0 atom stereocenters. The fraction of sp³-hybridized carbons (Fsp3) is 0.269. The lowest BCUT2D eigenvalue weighted by Gasteiger charge is -2.08. The van der Waals surface area contributed by atoms with Crippen LogP contribution in [0.4, 0.5) is 4.39 Å². The molecule has 0 amide bonds. The molecular formula is C26H27FN2O. The summed E-state index contributed by atoms with van der Waals surface area (Å²) in [6.45, 7) is 2.96. The van der Waals surface area contributed by atoms with Gasteiger partial charge in [0.25, 0.3) is 0 Å². The van der Waals surface area contributed by atoms with Crippen LogP contribution in [0.5, 0.6) is 5.75 Å². The van der Waals surface area contributed by atoms with Gasteiger partial charge in [-0.3, -0.25) is 0 Å². The molecule has 0 aliphatic carbocycles. The molecule has 4 aromatic rings. The molecule has 1 aromatic heterocycles. The second kappa shape index (κ2) is 9.57. The molecular weight excluding hydrogens is 375 g/mol. The van der Waals surface area contributed by atoms with Gasteiger partial charge in [0.15, 0.2) is 0 Å². The lowest BCUT2D eigenvalue weighted by molar-refractivity contribution is 0.304. The van der Waals surface area contributed by atoms with E-state index in [1.54, 1.807) is 12.1 Å². The Morgan fingerprint density at radius 2 is 1.63 bits per heavy atom. The van der Waals surface area contributed by atoms with Crippen LogP contribution in [0.15, 0.2) is 66.7 Å². The van der Waals surface area contributed by atoms with E-state index < -0.39 is 0 Å². The van der Waals surface area contributed by atoms with Crippen LogP contribution in [0.2, 0.25) is 0 Å². The standard InChI is InChI=1S/C26H27FN2O/c1-2-3-4-5-8-17-30-21-14-11-19(12-15-21)20-13-16-22(23(27)18-20)26-28-24-9-6-7-10-25(24)29-26/h6-7,9-16,18H,2-5,8,17H2,1H3,(H,28,29). The van der Waals surface area contributed by atoms with Gasteiger partial charge in [-0.25, -0.2) is 9.37 Å². The van der Waals surface area contributed by atoms with Gasteiger partial charge in [-0.1, -0.05) is 62.9 Å². The molecule has 4 rings (SSSR count). The highest BCUT2D eigenvalue weighted by Crippen LogP contribution is 2.29. The minimum absolute atomic E-state index is 0.293. The Morgan fingerprint density at radius 3 is 2.40 bits per heavy atom. The zero-order chi connectivity index (χ0) is 20.8. The molecule has 0 bridgehead atoms. The topological polar surface area (TPSA) is 37.9 Å². The lowest BCUT2D eigenvalue weighted by atomic mass is 10.0. The number of aromatic nitrogens is 2. The van der Waals surface area contributed by atoms with Gasteiger partial charge in [0.2, 0.25) is 0 Å². The predicted octanol–water partition coefficient (Wildman–Crippen LogP) is 7.39. The summed E-state index contributed by atoms with van der Waals surface area (Å²) in [7, 11) is 0. The highest BCUT2D eigenvalue weighted by molar-refractivity contribution is 5.80. The number of nitrogens with zero attached hydrogens (tertiary/aromatic N) is 1. The summed E-state index contributed by atoms with van der Waals surface area (Å²) in [6.07, 6.45) is 6.11. The van der Waals surface area contributed by atoms with Crippen molar-refractivity contribution in [3.05, 3.63) is 72.5 Å². The fourth-order valence-electron chi connectivity index (χ4n) is 3.61. The maximum Gasteiger partial charge on any atom is 0.141 e. The van der Waals surface area contributed by atoms with Crippen LogP contribution in [-0.2, 0) is 0 Å². The van der Waals surface area contributed by atoms with E-state index in [1.165, 1.54) is 25.7 Å². The van der Waals surface area contributed by atoms with Crippen LogP contribution in [-0.4, -0.2) is 16.6 Å². The molecule has 1 heterocycles. The molecule has 154 valence electrons. The van der Waals surface area contributed by atoms with E-state index in [0.29, 0.717) is 11.4 Å². The quantitative estimate of drug-likeness (QED) is 0.296. The summed E-state index contributed by atoms with van der Waals surface area (Å²) in [5.74, 6) is 1.11. The van der Waals surface area contributed by atoms with Crippen LogP contribution < -0.4 is 4.74 Å². The van der Waals surface area contributed by atoms with E-state index in [0.717, 1.165) is 40.9 Å². The van der Waals surface area contributed by atoms with E-state index in [2.05, 4.69) is 16.9 Å². The molecule has 0 unspecified atom stereocenters. The van der Waals surface area contributed by atoms with Gasteiger partial charge in [0, 0.05) is 0 Å². The number of fused-ring (bicyclic) bond motifs is 1. The first-order chi connectivity index (χ1) is 14.7. The number of aromatic amines is 1. The third kappa shape index (κ3) is 4.70. The Kier molecular flexibility index (Phi) is 6.43. The number of para-hydroxylation sites is 2. The van der Waals surface area contributed by atoms with Gasteiger partial charge in [-0.15, -0.1) is 0 Å². The summed E-state index contributed by atoms with van der Waals surface area (Å²) in [6, 6.07) is 20.8. The predicted molar refractivity (Wildman–Crippen MR) is 121 cm³/mol. The molecule has 0 aliphatic rings. The molecule has 0 fully saturated rings. The van der Waals surface area contributed by atoms with Crippen molar-refractivity contribution < 1.29 is 9.13 Å². The summed E-state index contributed by atoms with van der Waals surface area (Å²) >= 11 is 0. The molecule has 30 heavy (non-hydrogen) atoms. The minimum atomic E-state index is -0.293. The first kappa shape index (κ1) is 20.1. The zero-order valence-electron chi connectivity index (χ0n) is 17.3. The number of halogens is 1. The molecule has 4 heteroatoms. The SMILES string of the molecule is CCCCCCCOc1ccc(-c2ccc(-c3nc4ccccc4[nH]3)c(F)c2)cc1. The highest BCUT2D eigenvalue weighted by Gasteiger charge is 2.11. The molecule has 0 radical (unpaired) electrons. The van der Waals surface area contributed by atoms with Crippen molar-refractivity contribution in [2.45, 2.75) is 39.0 Å². The third-order valence-electron chi connectivity index (χ3n) is 5.32. The number of hydrogen-bond acceptors (Lipinski definition) is 2. The summed E-state index contributed by atoms with van der Waals surface area (Å²) in [5, 5.41) is 0. The Hall–Kier alpha value is -3.14. The molecule has 0 aliphatic heterocycles. The first-order valence-electron chi connectivity index (χ1n) is 10.7. The number of unbranched alkanes of at least 4 members (excludes halogenated alkanes) is 4. The zero-order valence-corrected chi connectivity index (χ0v) is 17.3.